The van der Waals surface area contributed by atoms with Gasteiger partial charge in [0, 0.05) is 19.5 Å². The Morgan fingerprint density at radius 1 is 1.13 bits per heavy atom. The van der Waals surface area contributed by atoms with E-state index < -0.39 is 63.4 Å². The molecule has 0 radical (unpaired) electrons. The second-order valence-corrected chi connectivity index (χ2v) is 13.7. The van der Waals surface area contributed by atoms with Gasteiger partial charge in [-0.25, -0.2) is 17.9 Å². The molecule has 1 unspecified atom stereocenters. The average Bonchev–Trinajstić information content (AvgIpc) is 3.44. The number of rotatable bonds is 16. The van der Waals surface area contributed by atoms with Crippen molar-refractivity contribution >= 4 is 39.9 Å². The van der Waals surface area contributed by atoms with E-state index in [1.807, 2.05) is 30.3 Å². The molecular weight excluding hydrogens is 642 g/mol. The summed E-state index contributed by atoms with van der Waals surface area (Å²) in [5.41, 5.74) is 10.8. The summed E-state index contributed by atoms with van der Waals surface area (Å²) in [6, 6.07) is 7.26. The fourth-order valence-corrected chi connectivity index (χ4v) is 6.09. The maximum atomic E-state index is 13.8. The molecule has 1 aromatic rings. The van der Waals surface area contributed by atoms with Crippen LogP contribution >= 0.6 is 0 Å². The summed E-state index contributed by atoms with van der Waals surface area (Å²) in [5, 5.41) is 4.24. The number of esters is 1. The first-order valence-electron chi connectivity index (χ1n) is 15.0. The monoisotopic (exact) mass is 689 g/mol. The van der Waals surface area contributed by atoms with Crippen LogP contribution in [0.25, 0.3) is 0 Å². The number of amides is 3. The molecule has 1 aromatic carbocycles. The van der Waals surface area contributed by atoms with E-state index in [1.54, 1.807) is 27.7 Å². The van der Waals surface area contributed by atoms with E-state index in [2.05, 4.69) is 20.3 Å². The van der Waals surface area contributed by atoms with Crippen LogP contribution in [-0.2, 0) is 40.3 Å². The Morgan fingerprint density at radius 2 is 1.80 bits per heavy atom. The van der Waals surface area contributed by atoms with Gasteiger partial charge in [-0.15, -0.1) is 0 Å². The molecule has 3 atom stereocenters. The van der Waals surface area contributed by atoms with E-state index in [9.17, 15) is 27.6 Å². The first-order valence-corrected chi connectivity index (χ1v) is 16.5. The molecule has 2 rings (SSSR count). The lowest BCUT2D eigenvalue weighted by Gasteiger charge is -2.30. The van der Waals surface area contributed by atoms with Gasteiger partial charge in [0.1, 0.15) is 24.2 Å². The van der Waals surface area contributed by atoms with Crippen LogP contribution in [0.1, 0.15) is 58.9 Å². The van der Waals surface area contributed by atoms with Gasteiger partial charge in [-0.3, -0.25) is 30.8 Å². The highest BCUT2D eigenvalue weighted by atomic mass is 35.5. The number of halogens is 1. The van der Waals surface area contributed by atoms with Gasteiger partial charge < -0.3 is 37.4 Å². The summed E-state index contributed by atoms with van der Waals surface area (Å²) in [5.74, 6) is -1.73. The Balaban J connectivity index is 0.0000106. The van der Waals surface area contributed by atoms with Crippen molar-refractivity contribution in [3.63, 3.8) is 0 Å². The van der Waals surface area contributed by atoms with Crippen molar-refractivity contribution in [2.45, 2.75) is 82.7 Å². The highest BCUT2D eigenvalue weighted by Gasteiger charge is 2.39. The Hall–Kier alpha value is -3.63. The van der Waals surface area contributed by atoms with E-state index in [0.717, 1.165) is 5.56 Å². The number of likely N-dealkylation sites (tertiary alicyclic amines) is 1. The van der Waals surface area contributed by atoms with Gasteiger partial charge in [0.2, 0.25) is 21.8 Å². The molecule has 1 aliphatic rings. The lowest BCUT2D eigenvalue weighted by molar-refractivity contribution is -0.459. The highest BCUT2D eigenvalue weighted by Crippen LogP contribution is 2.20. The van der Waals surface area contributed by atoms with Crippen LogP contribution < -0.4 is 44.2 Å². The third-order valence-corrected chi connectivity index (χ3v) is 8.63. The molecule has 0 aromatic heterocycles. The SMILES string of the molecule is CCOC(=O)CNS(=O)(=O)C(CCC[NH+]=C(N)N)CNC(=O)[C@@H]1CCCN1C(=O)[C@@H](Cc1ccccc1)NC(=O)OC(C)(C)C.[Cl-]. The van der Waals surface area contributed by atoms with Crippen molar-refractivity contribution in [3.8, 4) is 0 Å². The first kappa shape index (κ1) is 40.4. The maximum Gasteiger partial charge on any atom is 0.408 e. The molecule has 0 spiro atoms. The number of carbonyl (C=O) groups excluding carboxylic acids is 4. The Labute approximate surface area is 277 Å². The lowest BCUT2D eigenvalue weighted by atomic mass is 10.0. The normalized spacial score (nSPS) is 15.9. The summed E-state index contributed by atoms with van der Waals surface area (Å²) in [7, 11) is -4.07. The minimum Gasteiger partial charge on any atom is -1.00 e. The molecule has 1 saturated heterocycles. The van der Waals surface area contributed by atoms with Crippen LogP contribution in [0.3, 0.4) is 0 Å². The Bertz CT molecular complexity index is 1290. The summed E-state index contributed by atoms with van der Waals surface area (Å²) < 4.78 is 38.6. The van der Waals surface area contributed by atoms with Gasteiger partial charge >= 0.3 is 18.0 Å². The smallest absolute Gasteiger partial charge is 0.408 e. The largest absolute Gasteiger partial charge is 1.00 e. The molecule has 0 saturated carbocycles. The molecule has 1 heterocycles. The molecule has 8 N–H and O–H groups in total. The third-order valence-electron chi connectivity index (χ3n) is 6.81. The van der Waals surface area contributed by atoms with Gasteiger partial charge in [0.25, 0.3) is 0 Å². The summed E-state index contributed by atoms with van der Waals surface area (Å²) in [4.78, 5) is 55.7. The van der Waals surface area contributed by atoms with Gasteiger partial charge in [-0.2, -0.15) is 0 Å². The molecule has 46 heavy (non-hydrogen) atoms. The fourth-order valence-electron chi connectivity index (χ4n) is 4.75. The first-order chi connectivity index (χ1) is 21.1. The highest BCUT2D eigenvalue weighted by molar-refractivity contribution is 7.90. The summed E-state index contributed by atoms with van der Waals surface area (Å²) >= 11 is 0. The molecular formula is C29H48ClN7O8S. The van der Waals surface area contributed by atoms with Crippen molar-refractivity contribution in [1.82, 2.24) is 20.3 Å². The van der Waals surface area contributed by atoms with Crippen LogP contribution in [0.15, 0.2) is 30.3 Å². The van der Waals surface area contributed by atoms with Crippen LogP contribution in [0.4, 0.5) is 4.79 Å². The van der Waals surface area contributed by atoms with Crippen LogP contribution in [-0.4, -0.2) is 98.9 Å². The van der Waals surface area contributed by atoms with Gasteiger partial charge in [0.05, 0.1) is 18.4 Å². The van der Waals surface area contributed by atoms with Crippen LogP contribution in [0.5, 0.6) is 0 Å². The number of hydrogen-bond donors (Lipinski definition) is 6. The standard InChI is InChI=1S/C29H47N7O8S.ClH/c1-5-43-24(37)19-34-45(41,42)21(13-9-15-32-27(30)31)18-33-25(38)23-14-10-16-36(23)26(39)22(17-20-11-7-6-8-12-20)35-28(40)44-29(2,3)4;/h6-8,11-12,21-23,34H,5,9-10,13-19H2,1-4H3,(H,33,38)(H,35,40)(H4,30,31,32);1H/t21?,22-,23+;/m1./s1. The van der Waals surface area contributed by atoms with Gasteiger partial charge in [0.15, 0.2) is 0 Å². The molecule has 1 fully saturated rings. The van der Waals surface area contributed by atoms with Crippen LogP contribution in [0.2, 0.25) is 0 Å². The number of carbonyl (C=O) groups is 4. The predicted molar refractivity (Wildman–Crippen MR) is 167 cm³/mol. The summed E-state index contributed by atoms with van der Waals surface area (Å²) in [6.07, 6.45) is 0.754. The lowest BCUT2D eigenvalue weighted by Crippen LogP contribution is -3.00. The molecule has 0 aliphatic carbocycles. The second kappa shape index (κ2) is 19.1. The zero-order chi connectivity index (χ0) is 33.6. The predicted octanol–water partition coefficient (Wildman–Crippen LogP) is -4.78. The molecule has 17 heteroatoms. The van der Waals surface area contributed by atoms with Crippen LogP contribution in [0, 0.1) is 0 Å². The Morgan fingerprint density at radius 3 is 2.41 bits per heavy atom. The third kappa shape index (κ3) is 14.2. The zero-order valence-corrected chi connectivity index (χ0v) is 28.4. The number of nitrogens with two attached hydrogens (primary N) is 2. The number of nitrogens with one attached hydrogen (secondary N) is 4. The minimum atomic E-state index is -4.07. The minimum absolute atomic E-state index is 0. The van der Waals surface area contributed by atoms with E-state index in [0.29, 0.717) is 25.8 Å². The van der Waals surface area contributed by atoms with Crippen molar-refractivity contribution in [3.05, 3.63) is 35.9 Å². The van der Waals surface area contributed by atoms with Crippen molar-refractivity contribution in [1.29, 1.82) is 0 Å². The molecule has 260 valence electrons. The van der Waals surface area contributed by atoms with E-state index in [4.69, 9.17) is 20.9 Å². The molecule has 15 nitrogen and oxygen atoms in total. The second-order valence-electron chi connectivity index (χ2n) is 11.6. The number of guanidine groups is 1. The number of sulfonamides is 1. The average molecular weight is 690 g/mol. The topological polar surface area (TPSA) is 226 Å². The quantitative estimate of drug-likeness (QED) is 0.0420. The number of nitrogens with zero attached hydrogens (tertiary/aromatic N) is 1. The fraction of sp³-hybridized carbons (Fsp3) is 0.621. The van der Waals surface area contributed by atoms with Crippen molar-refractivity contribution in [2.75, 3.05) is 32.8 Å². The number of benzene rings is 1. The van der Waals surface area contributed by atoms with Gasteiger partial charge in [-0.05, 0) is 58.9 Å². The van der Waals surface area contributed by atoms with E-state index in [-0.39, 0.29) is 50.9 Å². The van der Waals surface area contributed by atoms with Gasteiger partial charge in [-0.1, -0.05) is 30.3 Å². The molecule has 1 aliphatic heterocycles. The number of hydrogen-bond acceptors (Lipinski definition) is 8. The molecule has 3 amide bonds. The Kier molecular flexibility index (Phi) is 16.8. The number of ether oxygens (including phenoxy) is 2. The molecule has 0 bridgehead atoms. The van der Waals surface area contributed by atoms with Crippen molar-refractivity contribution < 1.29 is 54.5 Å². The van der Waals surface area contributed by atoms with Crippen molar-refractivity contribution in [2.24, 2.45) is 11.5 Å². The van der Waals surface area contributed by atoms with E-state index in [1.165, 1.54) is 4.90 Å². The summed E-state index contributed by atoms with van der Waals surface area (Å²) in [6.45, 7) is 6.58. The maximum absolute atomic E-state index is 13.8. The number of alkyl carbamates (subject to hydrolysis) is 1. The zero-order valence-electron chi connectivity index (χ0n) is 26.8. The van der Waals surface area contributed by atoms with E-state index >= 15 is 0 Å².